The molecule has 3 atom stereocenters. The molecule has 2 bridgehead atoms. The Morgan fingerprint density at radius 2 is 2.17 bits per heavy atom. The number of halogens is 2. The second-order valence-corrected chi connectivity index (χ2v) is 6.56. The molecule has 0 saturated heterocycles. The van der Waals surface area contributed by atoms with Gasteiger partial charge in [-0.05, 0) is 49.1 Å². The molecule has 18 heavy (non-hydrogen) atoms. The quantitative estimate of drug-likeness (QED) is 0.702. The number of hydrogen-bond acceptors (Lipinski definition) is 1. The fourth-order valence-corrected chi connectivity index (χ4v) is 4.55. The predicted molar refractivity (Wildman–Crippen MR) is 78.5 cm³/mol. The van der Waals surface area contributed by atoms with Gasteiger partial charge in [-0.1, -0.05) is 40.0 Å². The van der Waals surface area contributed by atoms with Gasteiger partial charge in [-0.25, -0.2) is 0 Å². The van der Waals surface area contributed by atoms with Gasteiger partial charge in [-0.2, -0.15) is 0 Å². The zero-order valence-electron chi connectivity index (χ0n) is 10.4. The Hall–Kier alpha value is -0.210. The van der Waals surface area contributed by atoms with Crippen molar-refractivity contribution < 1.29 is 4.74 Å². The highest BCUT2D eigenvalue weighted by Gasteiger charge is 2.39. The number of rotatable bonds is 4. The van der Waals surface area contributed by atoms with E-state index in [-0.39, 0.29) is 0 Å². The fraction of sp³-hybridized carbons (Fsp3) is 0.600. The molecule has 0 heterocycles. The summed E-state index contributed by atoms with van der Waals surface area (Å²) in [5.74, 6) is 3.62. The number of alkyl halides is 1. The van der Waals surface area contributed by atoms with Gasteiger partial charge in [0.25, 0.3) is 0 Å². The lowest BCUT2D eigenvalue weighted by Crippen LogP contribution is -2.18. The third-order valence-electron chi connectivity index (χ3n) is 4.55. The SMILES string of the molecule is Clc1cccc(OCC2CC3CCC2C3)c1CBr. The summed E-state index contributed by atoms with van der Waals surface area (Å²) in [5.41, 5.74) is 1.07. The summed E-state index contributed by atoms with van der Waals surface area (Å²) in [7, 11) is 0. The monoisotopic (exact) mass is 328 g/mol. The summed E-state index contributed by atoms with van der Waals surface area (Å²) in [6.45, 7) is 0.863. The van der Waals surface area contributed by atoms with Crippen molar-refractivity contribution in [1.82, 2.24) is 0 Å². The number of benzene rings is 1. The van der Waals surface area contributed by atoms with Gasteiger partial charge in [-0.15, -0.1) is 0 Å². The van der Waals surface area contributed by atoms with Crippen LogP contribution in [0.5, 0.6) is 5.75 Å². The van der Waals surface area contributed by atoms with Crippen LogP contribution in [0.2, 0.25) is 5.02 Å². The van der Waals surface area contributed by atoms with E-state index >= 15 is 0 Å². The molecule has 1 aromatic rings. The molecule has 3 heteroatoms. The van der Waals surface area contributed by atoms with Crippen molar-refractivity contribution in [2.45, 2.75) is 31.0 Å². The molecule has 98 valence electrons. The molecular weight excluding hydrogens is 312 g/mol. The van der Waals surface area contributed by atoms with E-state index in [9.17, 15) is 0 Å². The second kappa shape index (κ2) is 5.42. The Morgan fingerprint density at radius 3 is 2.83 bits per heavy atom. The van der Waals surface area contributed by atoms with Crippen molar-refractivity contribution in [1.29, 1.82) is 0 Å². The average molecular weight is 330 g/mol. The lowest BCUT2D eigenvalue weighted by atomic mass is 9.89. The van der Waals surface area contributed by atoms with Gasteiger partial charge >= 0.3 is 0 Å². The van der Waals surface area contributed by atoms with Gasteiger partial charge in [0, 0.05) is 15.9 Å². The molecule has 2 saturated carbocycles. The van der Waals surface area contributed by atoms with Crippen molar-refractivity contribution >= 4 is 27.5 Å². The van der Waals surface area contributed by atoms with Gasteiger partial charge in [0.15, 0.2) is 0 Å². The first kappa shape index (κ1) is 12.8. The van der Waals surface area contributed by atoms with E-state index in [2.05, 4.69) is 15.9 Å². The molecule has 3 unspecified atom stereocenters. The Morgan fingerprint density at radius 1 is 1.28 bits per heavy atom. The molecule has 2 aliphatic carbocycles. The molecule has 0 amide bonds. The smallest absolute Gasteiger partial charge is 0.124 e. The summed E-state index contributed by atoms with van der Waals surface area (Å²) in [5, 5.41) is 1.54. The Kier molecular flexibility index (Phi) is 3.86. The molecular formula is C15H18BrClO. The van der Waals surface area contributed by atoms with Crippen LogP contribution in [0, 0.1) is 17.8 Å². The van der Waals surface area contributed by atoms with Crippen molar-refractivity contribution in [3.8, 4) is 5.75 Å². The third-order valence-corrected chi connectivity index (χ3v) is 5.46. The third kappa shape index (κ3) is 2.42. The van der Waals surface area contributed by atoms with Crippen LogP contribution in [0.15, 0.2) is 18.2 Å². The van der Waals surface area contributed by atoms with E-state index in [4.69, 9.17) is 16.3 Å². The van der Waals surface area contributed by atoms with E-state index in [1.54, 1.807) is 0 Å². The zero-order valence-corrected chi connectivity index (χ0v) is 12.7. The van der Waals surface area contributed by atoms with Crippen molar-refractivity contribution in [3.63, 3.8) is 0 Å². The minimum Gasteiger partial charge on any atom is -0.493 e. The summed E-state index contributed by atoms with van der Waals surface area (Å²) in [6, 6.07) is 5.91. The van der Waals surface area contributed by atoms with Gasteiger partial charge in [-0.3, -0.25) is 0 Å². The van der Waals surface area contributed by atoms with Crippen LogP contribution in [0.25, 0.3) is 0 Å². The van der Waals surface area contributed by atoms with E-state index in [1.165, 1.54) is 25.7 Å². The van der Waals surface area contributed by atoms with E-state index in [0.717, 1.165) is 46.0 Å². The number of fused-ring (bicyclic) bond motifs is 2. The Labute approximate surface area is 122 Å². The largest absolute Gasteiger partial charge is 0.493 e. The summed E-state index contributed by atoms with van der Waals surface area (Å²) < 4.78 is 6.03. The van der Waals surface area contributed by atoms with Crippen molar-refractivity contribution in [2.24, 2.45) is 17.8 Å². The molecule has 0 spiro atoms. The van der Waals surface area contributed by atoms with Gasteiger partial charge in [0.05, 0.1) is 6.61 Å². The van der Waals surface area contributed by atoms with Gasteiger partial charge in [0.1, 0.15) is 5.75 Å². The molecule has 2 aliphatic rings. The topological polar surface area (TPSA) is 9.23 Å². The zero-order chi connectivity index (χ0) is 12.5. The summed E-state index contributed by atoms with van der Waals surface area (Å²) in [4.78, 5) is 0. The standard InChI is InChI=1S/C15H18BrClO/c16-8-13-14(17)2-1-3-15(13)18-9-12-7-10-4-5-11(12)6-10/h1-3,10-12H,4-9H2. The van der Waals surface area contributed by atoms with Gasteiger partial charge < -0.3 is 4.74 Å². The van der Waals surface area contributed by atoms with Gasteiger partial charge in [0.2, 0.25) is 0 Å². The lowest BCUT2D eigenvalue weighted by molar-refractivity contribution is 0.194. The Bertz CT molecular complexity index is 435. The molecule has 0 N–H and O–H groups in total. The first-order chi connectivity index (χ1) is 8.78. The maximum atomic E-state index is 6.18. The minimum absolute atomic E-state index is 0.749. The highest BCUT2D eigenvalue weighted by Crippen LogP contribution is 2.48. The maximum Gasteiger partial charge on any atom is 0.124 e. The average Bonchev–Trinajstić information content (AvgIpc) is 2.98. The molecule has 3 rings (SSSR count). The maximum absolute atomic E-state index is 6.18. The highest BCUT2D eigenvalue weighted by molar-refractivity contribution is 9.08. The normalized spacial score (nSPS) is 29.8. The van der Waals surface area contributed by atoms with E-state index in [1.807, 2.05) is 18.2 Å². The minimum atomic E-state index is 0.749. The van der Waals surface area contributed by atoms with E-state index in [0.29, 0.717) is 0 Å². The molecule has 1 aromatic carbocycles. The summed E-state index contributed by atoms with van der Waals surface area (Å²) in [6.07, 6.45) is 5.67. The Balaban J connectivity index is 1.65. The molecule has 0 radical (unpaired) electrons. The molecule has 0 aliphatic heterocycles. The summed E-state index contributed by atoms with van der Waals surface area (Å²) >= 11 is 9.66. The fourth-order valence-electron chi connectivity index (χ4n) is 3.58. The first-order valence-corrected chi connectivity index (χ1v) is 8.24. The highest BCUT2D eigenvalue weighted by atomic mass is 79.9. The van der Waals surface area contributed by atoms with Crippen LogP contribution in [0.4, 0.5) is 0 Å². The predicted octanol–water partition coefficient (Wildman–Crippen LogP) is 5.05. The van der Waals surface area contributed by atoms with Crippen molar-refractivity contribution in [3.05, 3.63) is 28.8 Å². The first-order valence-electron chi connectivity index (χ1n) is 6.74. The molecule has 2 fully saturated rings. The number of ether oxygens (including phenoxy) is 1. The lowest BCUT2D eigenvalue weighted by Gasteiger charge is -2.22. The second-order valence-electron chi connectivity index (χ2n) is 5.60. The van der Waals surface area contributed by atoms with Crippen LogP contribution in [0.3, 0.4) is 0 Å². The van der Waals surface area contributed by atoms with Crippen LogP contribution >= 0.6 is 27.5 Å². The van der Waals surface area contributed by atoms with Crippen LogP contribution < -0.4 is 4.74 Å². The molecule has 1 nitrogen and oxygen atoms in total. The van der Waals surface area contributed by atoms with Crippen molar-refractivity contribution in [2.75, 3.05) is 6.61 Å². The van der Waals surface area contributed by atoms with E-state index < -0.39 is 0 Å². The number of hydrogen-bond donors (Lipinski definition) is 0. The van der Waals surface area contributed by atoms with Crippen LogP contribution in [-0.2, 0) is 5.33 Å². The molecule has 0 aromatic heterocycles. The van der Waals surface area contributed by atoms with Crippen LogP contribution in [0.1, 0.15) is 31.2 Å². The van der Waals surface area contributed by atoms with Crippen LogP contribution in [-0.4, -0.2) is 6.61 Å².